The molecule has 0 fully saturated rings. The molecule has 2 heterocycles. The van der Waals surface area contributed by atoms with Crippen LogP contribution in [0.3, 0.4) is 0 Å². The molecule has 0 saturated heterocycles. The van der Waals surface area contributed by atoms with Crippen LogP contribution in [0.25, 0.3) is 0 Å². The number of aromatic hydroxyl groups is 1. The number of hydrogen-bond donors (Lipinski definition) is 2. The monoisotopic (exact) mass is 268 g/mol. The lowest BCUT2D eigenvalue weighted by Crippen LogP contribution is -2.22. The summed E-state index contributed by atoms with van der Waals surface area (Å²) in [5.41, 5.74) is 0.327. The zero-order valence-electron chi connectivity index (χ0n) is 8.68. The standard InChI is InChI=1S/C11H9ClN2O2S/c12-10-2-1-9(17-10)6-14-11(16)7-3-8(15)5-13-4-7/h1-5,15H,6H2,(H,14,16). The van der Waals surface area contributed by atoms with Crippen molar-refractivity contribution in [1.82, 2.24) is 10.3 Å². The average molecular weight is 269 g/mol. The smallest absolute Gasteiger partial charge is 0.253 e. The molecule has 0 radical (unpaired) electrons. The van der Waals surface area contributed by atoms with Crippen LogP contribution in [0.5, 0.6) is 5.75 Å². The van der Waals surface area contributed by atoms with Gasteiger partial charge in [-0.15, -0.1) is 11.3 Å². The first-order chi connectivity index (χ1) is 8.15. The fourth-order valence-corrected chi connectivity index (χ4v) is 2.30. The highest BCUT2D eigenvalue weighted by molar-refractivity contribution is 7.16. The lowest BCUT2D eigenvalue weighted by atomic mass is 10.2. The molecular weight excluding hydrogens is 260 g/mol. The van der Waals surface area contributed by atoms with Crippen molar-refractivity contribution in [2.24, 2.45) is 0 Å². The molecule has 0 atom stereocenters. The van der Waals surface area contributed by atoms with E-state index in [1.165, 1.54) is 29.8 Å². The van der Waals surface area contributed by atoms with E-state index in [-0.39, 0.29) is 11.7 Å². The van der Waals surface area contributed by atoms with Crippen LogP contribution in [0.15, 0.2) is 30.6 Å². The maximum atomic E-state index is 11.7. The van der Waals surface area contributed by atoms with Gasteiger partial charge in [-0.25, -0.2) is 0 Å². The minimum Gasteiger partial charge on any atom is -0.506 e. The van der Waals surface area contributed by atoms with Crippen LogP contribution in [0.1, 0.15) is 15.2 Å². The number of hydrogen-bond acceptors (Lipinski definition) is 4. The second kappa shape index (κ2) is 5.16. The Morgan fingerprint density at radius 1 is 1.47 bits per heavy atom. The molecule has 0 aliphatic carbocycles. The Kier molecular flexibility index (Phi) is 3.61. The molecule has 0 spiro atoms. The zero-order chi connectivity index (χ0) is 12.3. The number of amides is 1. The highest BCUT2D eigenvalue weighted by atomic mass is 35.5. The summed E-state index contributed by atoms with van der Waals surface area (Å²) in [5.74, 6) is -0.310. The largest absolute Gasteiger partial charge is 0.506 e. The topological polar surface area (TPSA) is 62.2 Å². The normalized spacial score (nSPS) is 10.2. The van der Waals surface area contributed by atoms with Gasteiger partial charge in [-0.1, -0.05) is 11.6 Å². The van der Waals surface area contributed by atoms with Crippen molar-refractivity contribution >= 4 is 28.8 Å². The lowest BCUT2D eigenvalue weighted by Gasteiger charge is -2.03. The van der Waals surface area contributed by atoms with Gasteiger partial charge in [-0.3, -0.25) is 9.78 Å². The van der Waals surface area contributed by atoms with Crippen molar-refractivity contribution in [2.45, 2.75) is 6.54 Å². The van der Waals surface area contributed by atoms with E-state index in [1.54, 1.807) is 6.07 Å². The SMILES string of the molecule is O=C(NCc1ccc(Cl)s1)c1cncc(O)c1. The van der Waals surface area contributed by atoms with Crippen LogP contribution in [-0.2, 0) is 6.54 Å². The predicted molar refractivity (Wildman–Crippen MR) is 66.4 cm³/mol. The summed E-state index contributed by atoms with van der Waals surface area (Å²) in [6, 6.07) is 5.00. The fourth-order valence-electron chi connectivity index (χ4n) is 1.27. The average Bonchev–Trinajstić information content (AvgIpc) is 2.72. The van der Waals surface area contributed by atoms with E-state index in [2.05, 4.69) is 10.3 Å². The molecule has 6 heteroatoms. The molecule has 17 heavy (non-hydrogen) atoms. The van der Waals surface area contributed by atoms with Gasteiger partial charge in [0, 0.05) is 11.1 Å². The van der Waals surface area contributed by atoms with E-state index in [0.717, 1.165) is 4.88 Å². The summed E-state index contributed by atoms with van der Waals surface area (Å²) in [4.78, 5) is 16.4. The van der Waals surface area contributed by atoms with Gasteiger partial charge in [0.15, 0.2) is 0 Å². The molecule has 1 amide bonds. The van der Waals surface area contributed by atoms with Gasteiger partial charge < -0.3 is 10.4 Å². The third-order valence-electron chi connectivity index (χ3n) is 2.04. The number of nitrogens with zero attached hydrogens (tertiary/aromatic N) is 1. The minimum absolute atomic E-state index is 0.0307. The maximum Gasteiger partial charge on any atom is 0.253 e. The number of halogens is 1. The first-order valence-corrected chi connectivity index (χ1v) is 6.01. The number of pyridine rings is 1. The number of rotatable bonds is 3. The summed E-state index contributed by atoms with van der Waals surface area (Å²) in [6.07, 6.45) is 2.67. The molecule has 4 nitrogen and oxygen atoms in total. The van der Waals surface area contributed by atoms with Gasteiger partial charge in [-0.2, -0.15) is 0 Å². The number of carbonyl (C=O) groups excluding carboxylic acids is 1. The molecule has 0 aliphatic rings. The molecule has 88 valence electrons. The third-order valence-corrected chi connectivity index (χ3v) is 3.27. The van der Waals surface area contributed by atoms with Gasteiger partial charge in [0.1, 0.15) is 5.75 Å². The molecule has 0 aromatic carbocycles. The van der Waals surface area contributed by atoms with E-state index in [9.17, 15) is 9.90 Å². The highest BCUT2D eigenvalue weighted by Gasteiger charge is 2.07. The number of thiophene rings is 1. The van der Waals surface area contributed by atoms with Crippen LogP contribution in [0, 0.1) is 0 Å². The van der Waals surface area contributed by atoms with Crippen LogP contribution >= 0.6 is 22.9 Å². The minimum atomic E-state index is -0.280. The van der Waals surface area contributed by atoms with E-state index in [0.29, 0.717) is 16.4 Å². The highest BCUT2D eigenvalue weighted by Crippen LogP contribution is 2.21. The summed E-state index contributed by atoms with van der Waals surface area (Å²) in [7, 11) is 0. The number of aromatic nitrogens is 1. The van der Waals surface area contributed by atoms with E-state index in [4.69, 9.17) is 11.6 Å². The molecule has 0 bridgehead atoms. The first-order valence-electron chi connectivity index (χ1n) is 4.81. The van der Waals surface area contributed by atoms with Crippen molar-refractivity contribution < 1.29 is 9.90 Å². The first kappa shape index (κ1) is 11.9. The predicted octanol–water partition coefficient (Wildman–Crippen LogP) is 2.43. The Bertz CT molecular complexity index is 542. The van der Waals surface area contributed by atoms with Crippen LogP contribution in [0.2, 0.25) is 4.34 Å². The number of nitrogens with one attached hydrogen (secondary N) is 1. The van der Waals surface area contributed by atoms with Crippen LogP contribution < -0.4 is 5.32 Å². The van der Waals surface area contributed by atoms with Crippen molar-refractivity contribution in [3.8, 4) is 5.75 Å². The molecule has 0 unspecified atom stereocenters. The van der Waals surface area contributed by atoms with Crippen LogP contribution in [-0.4, -0.2) is 16.0 Å². The molecule has 0 aliphatic heterocycles. The number of carbonyl (C=O) groups is 1. The Labute approximate surface area is 107 Å². The van der Waals surface area contributed by atoms with Gasteiger partial charge >= 0.3 is 0 Å². The summed E-state index contributed by atoms with van der Waals surface area (Å²) in [6.45, 7) is 0.409. The quantitative estimate of drug-likeness (QED) is 0.899. The molecule has 2 aromatic rings. The van der Waals surface area contributed by atoms with E-state index < -0.39 is 0 Å². The zero-order valence-corrected chi connectivity index (χ0v) is 10.3. The van der Waals surface area contributed by atoms with Gasteiger partial charge in [0.25, 0.3) is 5.91 Å². The van der Waals surface area contributed by atoms with Crippen molar-refractivity contribution in [1.29, 1.82) is 0 Å². The Morgan fingerprint density at radius 2 is 2.29 bits per heavy atom. The fraction of sp³-hybridized carbons (Fsp3) is 0.0909. The Hall–Kier alpha value is -1.59. The second-order valence-electron chi connectivity index (χ2n) is 3.32. The molecule has 2 aromatic heterocycles. The lowest BCUT2D eigenvalue weighted by molar-refractivity contribution is 0.0950. The van der Waals surface area contributed by atoms with E-state index >= 15 is 0 Å². The van der Waals surface area contributed by atoms with Gasteiger partial charge in [0.2, 0.25) is 0 Å². The van der Waals surface area contributed by atoms with Crippen LogP contribution in [0.4, 0.5) is 0 Å². The van der Waals surface area contributed by atoms with Gasteiger partial charge in [-0.05, 0) is 18.2 Å². The second-order valence-corrected chi connectivity index (χ2v) is 5.12. The van der Waals surface area contributed by atoms with Crippen molar-refractivity contribution in [3.05, 3.63) is 45.4 Å². The molecule has 2 N–H and O–H groups in total. The molecule has 0 saturated carbocycles. The Balaban J connectivity index is 1.98. The van der Waals surface area contributed by atoms with E-state index in [1.807, 2.05) is 6.07 Å². The summed E-state index contributed by atoms with van der Waals surface area (Å²) in [5, 5.41) is 11.9. The Morgan fingerprint density at radius 3 is 2.94 bits per heavy atom. The van der Waals surface area contributed by atoms with Gasteiger partial charge in [0.05, 0.1) is 22.6 Å². The van der Waals surface area contributed by atoms with Crippen molar-refractivity contribution in [3.63, 3.8) is 0 Å². The summed E-state index contributed by atoms with van der Waals surface area (Å²) >= 11 is 7.19. The van der Waals surface area contributed by atoms with Crippen molar-refractivity contribution in [2.75, 3.05) is 0 Å². The molecular formula is C11H9ClN2O2S. The third kappa shape index (κ3) is 3.18. The summed E-state index contributed by atoms with van der Waals surface area (Å²) < 4.78 is 0.688. The molecule has 2 rings (SSSR count). The maximum absolute atomic E-state index is 11.7.